The number of carbonyl (C=O) groups is 1. The zero-order chi connectivity index (χ0) is 13.3. The average Bonchev–Trinajstić information content (AvgIpc) is 2.96. The molecule has 1 atom stereocenters. The molecule has 1 saturated heterocycles. The molecule has 0 bridgehead atoms. The summed E-state index contributed by atoms with van der Waals surface area (Å²) in [6.07, 6.45) is 5.40. The number of nitrogens with zero attached hydrogens (tertiary/aromatic N) is 1. The Morgan fingerprint density at radius 3 is 3.05 bits per heavy atom. The van der Waals surface area contributed by atoms with Crippen LogP contribution in [-0.2, 0) is 0 Å². The first kappa shape index (κ1) is 12.3. The number of aromatic nitrogens is 1. The smallest absolute Gasteiger partial charge is 0.170 e. The number of hydrogen-bond donors (Lipinski definition) is 1. The molecule has 2 aromatic rings. The zero-order valence-electron chi connectivity index (χ0n) is 11.1. The van der Waals surface area contributed by atoms with Crippen LogP contribution in [0.1, 0.15) is 30.1 Å². The first-order valence-electron chi connectivity index (χ1n) is 6.85. The average molecular weight is 254 g/mol. The first-order valence-corrected chi connectivity index (χ1v) is 6.85. The van der Waals surface area contributed by atoms with Crippen molar-refractivity contribution in [1.29, 1.82) is 0 Å². The normalized spacial score (nSPS) is 22.8. The number of pyridine rings is 1. The van der Waals surface area contributed by atoms with Crippen molar-refractivity contribution in [2.45, 2.75) is 19.8 Å². The van der Waals surface area contributed by atoms with Crippen molar-refractivity contribution in [2.75, 3.05) is 13.1 Å². The summed E-state index contributed by atoms with van der Waals surface area (Å²) >= 11 is 0. The molecule has 1 aromatic carbocycles. The predicted octanol–water partition coefficient (Wildman–Crippen LogP) is 2.81. The molecule has 0 spiro atoms. The summed E-state index contributed by atoms with van der Waals surface area (Å²) in [5.41, 5.74) is 0.614. The molecule has 98 valence electrons. The lowest BCUT2D eigenvalue weighted by molar-refractivity contribution is 0.0812. The molecule has 1 aliphatic rings. The van der Waals surface area contributed by atoms with Crippen molar-refractivity contribution in [3.05, 3.63) is 42.2 Å². The number of nitrogens with one attached hydrogen (secondary N) is 1. The van der Waals surface area contributed by atoms with Crippen LogP contribution in [0, 0.1) is 5.41 Å². The molecule has 0 aliphatic carbocycles. The second-order valence-electron chi connectivity index (χ2n) is 5.29. The van der Waals surface area contributed by atoms with Gasteiger partial charge in [0.25, 0.3) is 0 Å². The van der Waals surface area contributed by atoms with Gasteiger partial charge in [0.2, 0.25) is 0 Å². The second-order valence-corrected chi connectivity index (χ2v) is 5.29. The molecule has 1 fully saturated rings. The maximum atomic E-state index is 13.0. The molecule has 1 aromatic heterocycles. The highest BCUT2D eigenvalue weighted by molar-refractivity contribution is 6.10. The van der Waals surface area contributed by atoms with Gasteiger partial charge >= 0.3 is 0 Å². The zero-order valence-corrected chi connectivity index (χ0v) is 11.1. The highest BCUT2D eigenvalue weighted by atomic mass is 16.1. The first-order chi connectivity index (χ1) is 9.27. The third-order valence-electron chi connectivity index (χ3n) is 4.33. The molecule has 1 aliphatic heterocycles. The van der Waals surface area contributed by atoms with Gasteiger partial charge in [-0.2, -0.15) is 0 Å². The maximum absolute atomic E-state index is 13.0. The van der Waals surface area contributed by atoms with Gasteiger partial charge in [-0.05, 0) is 30.8 Å². The fourth-order valence-corrected chi connectivity index (χ4v) is 3.01. The van der Waals surface area contributed by atoms with Crippen LogP contribution in [0.5, 0.6) is 0 Å². The van der Waals surface area contributed by atoms with Crippen molar-refractivity contribution in [2.24, 2.45) is 5.41 Å². The number of ketones is 1. The van der Waals surface area contributed by atoms with Crippen molar-refractivity contribution >= 4 is 16.6 Å². The van der Waals surface area contributed by atoms with E-state index >= 15 is 0 Å². The molecule has 0 radical (unpaired) electrons. The van der Waals surface area contributed by atoms with Crippen molar-refractivity contribution in [3.63, 3.8) is 0 Å². The Morgan fingerprint density at radius 2 is 2.32 bits per heavy atom. The van der Waals surface area contributed by atoms with E-state index in [2.05, 4.69) is 17.2 Å². The number of Topliss-reactive ketones (excluding diaryl/α,β-unsaturated/α-hetero) is 1. The largest absolute Gasteiger partial charge is 0.316 e. The lowest BCUT2D eigenvalue weighted by Gasteiger charge is -2.25. The van der Waals surface area contributed by atoms with E-state index < -0.39 is 0 Å². The van der Waals surface area contributed by atoms with E-state index in [0.717, 1.165) is 42.3 Å². The van der Waals surface area contributed by atoms with E-state index in [9.17, 15) is 4.79 Å². The van der Waals surface area contributed by atoms with Crippen LogP contribution in [0.25, 0.3) is 10.8 Å². The number of benzene rings is 1. The Balaban J connectivity index is 2.11. The highest BCUT2D eigenvalue weighted by Gasteiger charge is 2.40. The molecule has 0 saturated carbocycles. The van der Waals surface area contributed by atoms with E-state index in [1.165, 1.54) is 0 Å². The molecule has 3 rings (SSSR count). The molecule has 19 heavy (non-hydrogen) atoms. The van der Waals surface area contributed by atoms with Gasteiger partial charge in [0, 0.05) is 35.3 Å². The Labute approximate surface area is 113 Å². The summed E-state index contributed by atoms with van der Waals surface area (Å²) in [6, 6.07) is 7.84. The monoisotopic (exact) mass is 254 g/mol. The molecule has 0 amide bonds. The summed E-state index contributed by atoms with van der Waals surface area (Å²) < 4.78 is 0. The standard InChI is InChI=1S/C16H18N2O/c1-2-16(7-9-18-11-16)15(19)14-5-3-4-12-10-17-8-6-13(12)14/h3-6,8,10,18H,2,7,9,11H2,1H3. The Kier molecular flexibility index (Phi) is 3.07. The van der Waals surface area contributed by atoms with Crippen LogP contribution in [0.15, 0.2) is 36.7 Å². The Bertz CT molecular complexity index is 610. The van der Waals surface area contributed by atoms with Gasteiger partial charge in [-0.1, -0.05) is 25.1 Å². The van der Waals surface area contributed by atoms with Gasteiger partial charge in [-0.15, -0.1) is 0 Å². The van der Waals surface area contributed by atoms with Crippen LogP contribution in [0.3, 0.4) is 0 Å². The van der Waals surface area contributed by atoms with Crippen LogP contribution in [0.4, 0.5) is 0 Å². The van der Waals surface area contributed by atoms with Gasteiger partial charge in [0.15, 0.2) is 5.78 Å². The van der Waals surface area contributed by atoms with Crippen molar-refractivity contribution in [3.8, 4) is 0 Å². The molecule has 3 nitrogen and oxygen atoms in total. The highest BCUT2D eigenvalue weighted by Crippen LogP contribution is 2.35. The van der Waals surface area contributed by atoms with Crippen LogP contribution in [0.2, 0.25) is 0 Å². The number of hydrogen-bond acceptors (Lipinski definition) is 3. The fourth-order valence-electron chi connectivity index (χ4n) is 3.01. The van der Waals surface area contributed by atoms with Gasteiger partial charge in [0.1, 0.15) is 0 Å². The number of rotatable bonds is 3. The topological polar surface area (TPSA) is 42.0 Å². The summed E-state index contributed by atoms with van der Waals surface area (Å²) in [6.45, 7) is 3.84. The van der Waals surface area contributed by atoms with E-state index in [0.29, 0.717) is 0 Å². The molecular weight excluding hydrogens is 236 g/mol. The minimum atomic E-state index is -0.225. The number of carbonyl (C=O) groups excluding carboxylic acids is 1. The minimum Gasteiger partial charge on any atom is -0.316 e. The Morgan fingerprint density at radius 1 is 1.42 bits per heavy atom. The van der Waals surface area contributed by atoms with Gasteiger partial charge in [-0.25, -0.2) is 0 Å². The lowest BCUT2D eigenvalue weighted by atomic mass is 9.76. The van der Waals surface area contributed by atoms with E-state index in [1.54, 1.807) is 6.20 Å². The fraction of sp³-hybridized carbons (Fsp3) is 0.375. The molecule has 3 heteroatoms. The molecule has 1 N–H and O–H groups in total. The minimum absolute atomic E-state index is 0.225. The van der Waals surface area contributed by atoms with Gasteiger partial charge in [0.05, 0.1) is 0 Å². The van der Waals surface area contributed by atoms with Crippen molar-refractivity contribution in [1.82, 2.24) is 10.3 Å². The van der Waals surface area contributed by atoms with Crippen LogP contribution in [-0.4, -0.2) is 23.9 Å². The van der Waals surface area contributed by atoms with E-state index in [4.69, 9.17) is 0 Å². The third kappa shape index (κ3) is 1.94. The summed E-state index contributed by atoms with van der Waals surface area (Å²) in [5.74, 6) is 0.275. The van der Waals surface area contributed by atoms with Crippen LogP contribution >= 0.6 is 0 Å². The van der Waals surface area contributed by atoms with Crippen molar-refractivity contribution < 1.29 is 4.79 Å². The van der Waals surface area contributed by atoms with Gasteiger partial charge in [-0.3, -0.25) is 9.78 Å². The van der Waals surface area contributed by atoms with E-state index in [-0.39, 0.29) is 11.2 Å². The molecule has 2 heterocycles. The summed E-state index contributed by atoms with van der Waals surface area (Å²) in [7, 11) is 0. The van der Waals surface area contributed by atoms with E-state index in [1.807, 2.05) is 30.5 Å². The van der Waals surface area contributed by atoms with Gasteiger partial charge < -0.3 is 5.32 Å². The van der Waals surface area contributed by atoms with Crippen LogP contribution < -0.4 is 5.32 Å². The SMILES string of the molecule is CCC1(C(=O)c2cccc3cnccc23)CCNC1. The maximum Gasteiger partial charge on any atom is 0.170 e. The summed E-state index contributed by atoms with van der Waals surface area (Å²) in [4.78, 5) is 17.1. The lowest BCUT2D eigenvalue weighted by Crippen LogP contribution is -2.33. The molecular formula is C16H18N2O. The third-order valence-corrected chi connectivity index (χ3v) is 4.33. The summed E-state index contributed by atoms with van der Waals surface area (Å²) in [5, 5.41) is 5.38. The Hall–Kier alpha value is -1.74. The molecule has 1 unspecified atom stereocenters. The second kappa shape index (κ2) is 4.74. The predicted molar refractivity (Wildman–Crippen MR) is 76.3 cm³/mol. The quantitative estimate of drug-likeness (QED) is 0.856. The number of fused-ring (bicyclic) bond motifs is 1.